The van der Waals surface area contributed by atoms with E-state index in [2.05, 4.69) is 15.9 Å². The Morgan fingerprint density at radius 1 is 1.29 bits per heavy atom. The zero-order valence-corrected chi connectivity index (χ0v) is 11.8. The topological polar surface area (TPSA) is 44.8 Å². The molecule has 0 saturated carbocycles. The molecule has 0 atom stereocenters. The lowest BCUT2D eigenvalue weighted by molar-refractivity contribution is 0.0199. The minimum Gasteiger partial charge on any atom is -0.493 e. The summed E-state index contributed by atoms with van der Waals surface area (Å²) in [6.45, 7) is 5.31. The second-order valence-corrected chi connectivity index (χ2v) is 5.19. The van der Waals surface area contributed by atoms with Crippen LogP contribution in [0.5, 0.6) is 11.5 Å². The van der Waals surface area contributed by atoms with Gasteiger partial charge in [0.1, 0.15) is 5.60 Å². The Kier molecular flexibility index (Phi) is 4.40. The van der Waals surface area contributed by atoms with Gasteiger partial charge in [-0.05, 0) is 48.8 Å². The molecular weight excluding hydrogens is 288 g/mol. The van der Waals surface area contributed by atoms with E-state index in [0.29, 0.717) is 16.0 Å². The molecule has 0 aliphatic heterocycles. The van der Waals surface area contributed by atoms with E-state index in [-0.39, 0.29) is 0 Å². The van der Waals surface area contributed by atoms with Crippen LogP contribution in [-0.2, 0) is 4.74 Å². The highest BCUT2D eigenvalue weighted by Crippen LogP contribution is 2.35. The molecule has 0 aliphatic rings. The number of halogens is 1. The van der Waals surface area contributed by atoms with Gasteiger partial charge in [-0.25, -0.2) is 4.79 Å². The monoisotopic (exact) mass is 302 g/mol. The van der Waals surface area contributed by atoms with E-state index in [1.165, 1.54) is 7.11 Å². The summed E-state index contributed by atoms with van der Waals surface area (Å²) in [7, 11) is 1.50. The first-order valence-corrected chi connectivity index (χ1v) is 5.86. The lowest BCUT2D eigenvalue weighted by Crippen LogP contribution is -2.26. The van der Waals surface area contributed by atoms with Crippen molar-refractivity contribution >= 4 is 22.1 Å². The van der Waals surface area contributed by atoms with E-state index in [9.17, 15) is 4.79 Å². The average Bonchev–Trinajstić information content (AvgIpc) is 2.18. The Bertz CT molecular complexity index is 409. The zero-order valence-electron chi connectivity index (χ0n) is 10.2. The van der Waals surface area contributed by atoms with Gasteiger partial charge >= 0.3 is 6.16 Å². The zero-order chi connectivity index (χ0) is 13.1. The van der Waals surface area contributed by atoms with Gasteiger partial charge in [-0.15, -0.1) is 0 Å². The van der Waals surface area contributed by atoms with Crippen LogP contribution < -0.4 is 9.47 Å². The minimum atomic E-state index is -0.761. The first-order valence-electron chi connectivity index (χ1n) is 5.07. The molecule has 0 aromatic heterocycles. The second kappa shape index (κ2) is 5.40. The maximum absolute atomic E-state index is 11.5. The number of benzene rings is 1. The Labute approximate surface area is 109 Å². The SMILES string of the molecule is COc1cccc(Br)c1OC(=O)OC(C)(C)C. The maximum Gasteiger partial charge on any atom is 0.514 e. The molecule has 0 amide bonds. The summed E-state index contributed by atoms with van der Waals surface area (Å²) in [6.07, 6.45) is -0.761. The van der Waals surface area contributed by atoms with Crippen LogP contribution in [0.25, 0.3) is 0 Å². The van der Waals surface area contributed by atoms with E-state index < -0.39 is 11.8 Å². The molecule has 0 aliphatic carbocycles. The molecule has 17 heavy (non-hydrogen) atoms. The van der Waals surface area contributed by atoms with Gasteiger partial charge in [0, 0.05) is 0 Å². The predicted molar refractivity (Wildman–Crippen MR) is 67.6 cm³/mol. The number of para-hydroxylation sites is 1. The number of rotatable bonds is 2. The third kappa shape index (κ3) is 4.26. The van der Waals surface area contributed by atoms with Gasteiger partial charge in [-0.3, -0.25) is 0 Å². The molecule has 5 heteroatoms. The van der Waals surface area contributed by atoms with Gasteiger partial charge < -0.3 is 14.2 Å². The van der Waals surface area contributed by atoms with Crippen molar-refractivity contribution < 1.29 is 19.0 Å². The summed E-state index contributed by atoms with van der Waals surface area (Å²) < 4.78 is 15.9. The molecule has 4 nitrogen and oxygen atoms in total. The second-order valence-electron chi connectivity index (χ2n) is 4.34. The quantitative estimate of drug-likeness (QED) is 0.616. The minimum absolute atomic E-state index is 0.309. The molecule has 1 rings (SSSR count). The van der Waals surface area contributed by atoms with Crippen LogP contribution in [0.15, 0.2) is 22.7 Å². The normalized spacial score (nSPS) is 10.9. The number of hydrogen-bond acceptors (Lipinski definition) is 4. The number of carbonyl (C=O) groups excluding carboxylic acids is 1. The van der Waals surface area contributed by atoms with E-state index in [1.807, 2.05) is 0 Å². The van der Waals surface area contributed by atoms with Crippen LogP contribution in [0.4, 0.5) is 4.79 Å². The molecule has 0 heterocycles. The molecule has 1 aromatic rings. The van der Waals surface area contributed by atoms with E-state index in [4.69, 9.17) is 14.2 Å². The van der Waals surface area contributed by atoms with Crippen molar-refractivity contribution in [2.24, 2.45) is 0 Å². The summed E-state index contributed by atoms with van der Waals surface area (Å²) in [5.74, 6) is 0.773. The molecule has 0 saturated heterocycles. The average molecular weight is 303 g/mol. The number of methoxy groups -OCH3 is 1. The van der Waals surface area contributed by atoms with Crippen molar-refractivity contribution in [3.05, 3.63) is 22.7 Å². The largest absolute Gasteiger partial charge is 0.514 e. The molecule has 0 N–H and O–H groups in total. The first kappa shape index (κ1) is 13.8. The van der Waals surface area contributed by atoms with Gasteiger partial charge in [0.05, 0.1) is 11.6 Å². The molecule has 0 radical (unpaired) electrons. The fraction of sp³-hybridized carbons (Fsp3) is 0.417. The Morgan fingerprint density at radius 2 is 1.94 bits per heavy atom. The van der Waals surface area contributed by atoms with Gasteiger partial charge in [0.2, 0.25) is 0 Å². The highest BCUT2D eigenvalue weighted by Gasteiger charge is 2.20. The molecule has 0 bridgehead atoms. The summed E-state index contributed by atoms with van der Waals surface area (Å²) >= 11 is 3.28. The summed E-state index contributed by atoms with van der Waals surface area (Å²) in [5.41, 5.74) is -0.592. The van der Waals surface area contributed by atoms with Gasteiger partial charge in [0.25, 0.3) is 0 Å². The van der Waals surface area contributed by atoms with Gasteiger partial charge in [-0.2, -0.15) is 0 Å². The molecule has 1 aromatic carbocycles. The summed E-state index contributed by atoms with van der Waals surface area (Å²) in [5, 5.41) is 0. The Balaban J connectivity index is 2.84. The Hall–Kier alpha value is -1.23. The lowest BCUT2D eigenvalue weighted by Gasteiger charge is -2.19. The standard InChI is InChI=1S/C12H15BrO4/c1-12(2,3)17-11(14)16-10-8(13)6-5-7-9(10)15-4/h5-7H,1-4H3. The third-order valence-corrected chi connectivity index (χ3v) is 2.35. The van der Waals surface area contributed by atoms with Crippen molar-refractivity contribution in [1.29, 1.82) is 0 Å². The first-order chi connectivity index (χ1) is 7.83. The molecule has 0 spiro atoms. The van der Waals surface area contributed by atoms with Crippen molar-refractivity contribution in [3.8, 4) is 11.5 Å². The van der Waals surface area contributed by atoms with E-state index >= 15 is 0 Å². The maximum atomic E-state index is 11.5. The third-order valence-electron chi connectivity index (χ3n) is 1.73. The highest BCUT2D eigenvalue weighted by atomic mass is 79.9. The highest BCUT2D eigenvalue weighted by molar-refractivity contribution is 9.10. The van der Waals surface area contributed by atoms with Crippen molar-refractivity contribution in [2.45, 2.75) is 26.4 Å². The molecule has 0 unspecified atom stereocenters. The Morgan fingerprint density at radius 3 is 2.47 bits per heavy atom. The molecule has 94 valence electrons. The smallest absolute Gasteiger partial charge is 0.493 e. The van der Waals surface area contributed by atoms with Crippen molar-refractivity contribution in [1.82, 2.24) is 0 Å². The van der Waals surface area contributed by atoms with E-state index in [1.54, 1.807) is 39.0 Å². The van der Waals surface area contributed by atoms with Crippen molar-refractivity contribution in [3.63, 3.8) is 0 Å². The van der Waals surface area contributed by atoms with Crippen molar-refractivity contribution in [2.75, 3.05) is 7.11 Å². The molecule has 0 fully saturated rings. The summed E-state index contributed by atoms with van der Waals surface area (Å²) in [6, 6.07) is 5.23. The van der Waals surface area contributed by atoms with Crippen LogP contribution >= 0.6 is 15.9 Å². The van der Waals surface area contributed by atoms with Gasteiger partial charge in [0.15, 0.2) is 11.5 Å². The van der Waals surface area contributed by atoms with Crippen LogP contribution in [0.1, 0.15) is 20.8 Å². The number of carbonyl (C=O) groups is 1. The number of ether oxygens (including phenoxy) is 3. The summed E-state index contributed by atoms with van der Waals surface area (Å²) in [4.78, 5) is 11.5. The predicted octanol–water partition coefficient (Wildman–Crippen LogP) is 3.77. The van der Waals surface area contributed by atoms with Crippen LogP contribution in [0.2, 0.25) is 0 Å². The fourth-order valence-corrected chi connectivity index (χ4v) is 1.53. The van der Waals surface area contributed by atoms with Crippen LogP contribution in [-0.4, -0.2) is 18.9 Å². The molecular formula is C12H15BrO4. The van der Waals surface area contributed by atoms with Crippen LogP contribution in [0.3, 0.4) is 0 Å². The van der Waals surface area contributed by atoms with E-state index in [0.717, 1.165) is 0 Å². The van der Waals surface area contributed by atoms with Crippen LogP contribution in [0, 0.1) is 0 Å². The lowest BCUT2D eigenvalue weighted by atomic mass is 10.2. The number of hydrogen-bond donors (Lipinski definition) is 0. The van der Waals surface area contributed by atoms with Gasteiger partial charge in [-0.1, -0.05) is 6.07 Å². The fourth-order valence-electron chi connectivity index (χ4n) is 1.10.